The summed E-state index contributed by atoms with van der Waals surface area (Å²) in [6.45, 7) is 5.79. The largest absolute Gasteiger partial charge is 0.355 e. The average Bonchev–Trinajstić information content (AvgIpc) is 2.93. The lowest BCUT2D eigenvalue weighted by Gasteiger charge is -2.08. The minimum atomic E-state index is -0.248. The van der Waals surface area contributed by atoms with Gasteiger partial charge in [-0.3, -0.25) is 4.79 Å². The van der Waals surface area contributed by atoms with E-state index in [1.54, 1.807) is 31.2 Å². The predicted molar refractivity (Wildman–Crippen MR) is 95.6 cm³/mol. The van der Waals surface area contributed by atoms with Crippen LogP contribution in [0.25, 0.3) is 11.3 Å². The lowest BCUT2D eigenvalue weighted by atomic mass is 10.1. The lowest BCUT2D eigenvalue weighted by molar-refractivity contribution is 0.102. The van der Waals surface area contributed by atoms with E-state index < -0.39 is 0 Å². The minimum absolute atomic E-state index is 0.248. The molecule has 3 aromatic rings. The van der Waals surface area contributed by atoms with Crippen molar-refractivity contribution >= 4 is 23.2 Å². The van der Waals surface area contributed by atoms with Crippen LogP contribution >= 0.6 is 11.6 Å². The molecule has 0 aliphatic heterocycles. The van der Waals surface area contributed by atoms with Crippen LogP contribution in [0.5, 0.6) is 0 Å². The highest BCUT2D eigenvalue weighted by molar-refractivity contribution is 6.30. The fraction of sp³-hybridized carbons (Fsp3) is 0.158. The summed E-state index contributed by atoms with van der Waals surface area (Å²) in [5.41, 5.74) is 4.76. The van der Waals surface area contributed by atoms with Crippen molar-refractivity contribution < 1.29 is 9.32 Å². The molecule has 0 bridgehead atoms. The molecule has 0 unspecified atom stereocenters. The molecule has 0 spiro atoms. The third kappa shape index (κ3) is 3.19. The first-order valence-electron chi connectivity index (χ1n) is 7.56. The second-order valence-electron chi connectivity index (χ2n) is 5.73. The number of rotatable bonds is 3. The number of halogens is 1. The number of aromatic nitrogens is 1. The first kappa shape index (κ1) is 16.3. The molecule has 122 valence electrons. The van der Waals surface area contributed by atoms with Crippen molar-refractivity contribution in [2.45, 2.75) is 20.8 Å². The van der Waals surface area contributed by atoms with Crippen LogP contribution in [0.3, 0.4) is 0 Å². The van der Waals surface area contributed by atoms with E-state index >= 15 is 0 Å². The number of amides is 1. The van der Waals surface area contributed by atoms with E-state index in [1.165, 1.54) is 5.56 Å². The highest BCUT2D eigenvalue weighted by Crippen LogP contribution is 2.28. The van der Waals surface area contributed by atoms with E-state index in [0.29, 0.717) is 22.0 Å². The molecule has 0 aliphatic carbocycles. The molecule has 3 rings (SSSR count). The number of aryl methyl sites for hydroxylation is 3. The standard InChI is InChI=1S/C19H17ClN2O2/c1-11-4-9-16(10-12(11)2)21-19(23)17-13(3)22-24-18(17)14-5-7-15(20)8-6-14/h4-10H,1-3H3,(H,21,23). The molecule has 0 saturated heterocycles. The van der Waals surface area contributed by atoms with Gasteiger partial charge in [0, 0.05) is 16.3 Å². The monoisotopic (exact) mass is 340 g/mol. The third-order valence-electron chi connectivity index (χ3n) is 3.96. The molecule has 1 aromatic heterocycles. The molecular weight excluding hydrogens is 324 g/mol. The van der Waals surface area contributed by atoms with Crippen LogP contribution in [0.2, 0.25) is 5.02 Å². The Bertz CT molecular complexity index is 898. The van der Waals surface area contributed by atoms with E-state index in [2.05, 4.69) is 10.5 Å². The normalized spacial score (nSPS) is 10.7. The van der Waals surface area contributed by atoms with Crippen molar-refractivity contribution in [3.63, 3.8) is 0 Å². The van der Waals surface area contributed by atoms with Crippen LogP contribution in [0.15, 0.2) is 47.0 Å². The maximum atomic E-state index is 12.7. The molecular formula is C19H17ClN2O2. The maximum absolute atomic E-state index is 12.7. The average molecular weight is 341 g/mol. The molecule has 0 atom stereocenters. The topological polar surface area (TPSA) is 55.1 Å². The maximum Gasteiger partial charge on any atom is 0.261 e. The van der Waals surface area contributed by atoms with Gasteiger partial charge in [-0.2, -0.15) is 0 Å². The number of benzene rings is 2. The van der Waals surface area contributed by atoms with Crippen LogP contribution in [0.4, 0.5) is 5.69 Å². The Kier molecular flexibility index (Phi) is 4.40. The number of hydrogen-bond donors (Lipinski definition) is 1. The molecule has 1 N–H and O–H groups in total. The molecule has 0 aliphatic rings. The van der Waals surface area contributed by atoms with Crippen LogP contribution < -0.4 is 5.32 Å². The minimum Gasteiger partial charge on any atom is -0.355 e. The molecule has 5 heteroatoms. The van der Waals surface area contributed by atoms with E-state index in [9.17, 15) is 4.79 Å². The van der Waals surface area contributed by atoms with Gasteiger partial charge in [-0.25, -0.2) is 0 Å². The van der Waals surface area contributed by atoms with Gasteiger partial charge in [-0.05, 0) is 68.3 Å². The quantitative estimate of drug-likeness (QED) is 0.715. The molecule has 0 fully saturated rings. The summed E-state index contributed by atoms with van der Waals surface area (Å²) in [4.78, 5) is 12.7. The summed E-state index contributed by atoms with van der Waals surface area (Å²) < 4.78 is 5.37. The van der Waals surface area contributed by atoms with Crippen molar-refractivity contribution in [1.29, 1.82) is 0 Å². The highest BCUT2D eigenvalue weighted by Gasteiger charge is 2.22. The Morgan fingerprint density at radius 3 is 2.42 bits per heavy atom. The number of nitrogens with one attached hydrogen (secondary N) is 1. The summed E-state index contributed by atoms with van der Waals surface area (Å²) in [6.07, 6.45) is 0. The molecule has 0 saturated carbocycles. The first-order valence-corrected chi connectivity index (χ1v) is 7.94. The molecule has 1 heterocycles. The van der Waals surface area contributed by atoms with Gasteiger partial charge in [-0.1, -0.05) is 22.8 Å². The molecule has 0 radical (unpaired) electrons. The number of carbonyl (C=O) groups excluding carboxylic acids is 1. The van der Waals surface area contributed by atoms with Gasteiger partial charge in [0.15, 0.2) is 5.76 Å². The Balaban J connectivity index is 1.94. The summed E-state index contributed by atoms with van der Waals surface area (Å²) in [7, 11) is 0. The van der Waals surface area contributed by atoms with Crippen molar-refractivity contribution in [1.82, 2.24) is 5.16 Å². The van der Waals surface area contributed by atoms with Crippen LogP contribution in [-0.2, 0) is 0 Å². The zero-order chi connectivity index (χ0) is 17.3. The smallest absolute Gasteiger partial charge is 0.261 e. The van der Waals surface area contributed by atoms with Crippen molar-refractivity contribution in [3.8, 4) is 11.3 Å². The molecule has 24 heavy (non-hydrogen) atoms. The summed E-state index contributed by atoms with van der Waals surface area (Å²) in [5.74, 6) is 0.187. The number of carbonyl (C=O) groups is 1. The van der Waals surface area contributed by atoms with Crippen molar-refractivity contribution in [2.75, 3.05) is 5.32 Å². The Morgan fingerprint density at radius 1 is 1.04 bits per heavy atom. The van der Waals surface area contributed by atoms with Crippen LogP contribution in [0.1, 0.15) is 27.2 Å². The number of anilines is 1. The van der Waals surface area contributed by atoms with E-state index in [1.807, 2.05) is 32.0 Å². The Labute approximate surface area is 145 Å². The van der Waals surface area contributed by atoms with Gasteiger partial charge >= 0.3 is 0 Å². The van der Waals surface area contributed by atoms with Crippen LogP contribution in [0, 0.1) is 20.8 Å². The van der Waals surface area contributed by atoms with Gasteiger partial charge in [-0.15, -0.1) is 0 Å². The van der Waals surface area contributed by atoms with Gasteiger partial charge in [0.05, 0.1) is 5.69 Å². The second kappa shape index (κ2) is 6.49. The molecule has 1 amide bonds. The van der Waals surface area contributed by atoms with E-state index in [4.69, 9.17) is 16.1 Å². The fourth-order valence-corrected chi connectivity index (χ4v) is 2.57. The summed E-state index contributed by atoms with van der Waals surface area (Å²) in [5, 5.41) is 7.47. The zero-order valence-corrected chi connectivity index (χ0v) is 14.4. The van der Waals surface area contributed by atoms with Gasteiger partial charge in [0.1, 0.15) is 5.56 Å². The fourth-order valence-electron chi connectivity index (χ4n) is 2.45. The van der Waals surface area contributed by atoms with Gasteiger partial charge < -0.3 is 9.84 Å². The van der Waals surface area contributed by atoms with Gasteiger partial charge in [0.2, 0.25) is 0 Å². The summed E-state index contributed by atoms with van der Waals surface area (Å²) >= 11 is 5.92. The van der Waals surface area contributed by atoms with E-state index in [-0.39, 0.29) is 5.91 Å². The van der Waals surface area contributed by atoms with Crippen molar-refractivity contribution in [2.24, 2.45) is 0 Å². The SMILES string of the molecule is Cc1ccc(NC(=O)c2c(C)noc2-c2ccc(Cl)cc2)cc1C. The van der Waals surface area contributed by atoms with Gasteiger partial charge in [0.25, 0.3) is 5.91 Å². The molecule has 4 nitrogen and oxygen atoms in total. The zero-order valence-electron chi connectivity index (χ0n) is 13.7. The first-order chi connectivity index (χ1) is 11.5. The lowest BCUT2D eigenvalue weighted by Crippen LogP contribution is -2.13. The van der Waals surface area contributed by atoms with Crippen LogP contribution in [-0.4, -0.2) is 11.1 Å². The number of nitrogens with zero attached hydrogens (tertiary/aromatic N) is 1. The van der Waals surface area contributed by atoms with Crippen molar-refractivity contribution in [3.05, 3.63) is 69.9 Å². The number of hydrogen-bond acceptors (Lipinski definition) is 3. The predicted octanol–water partition coefficient (Wildman–Crippen LogP) is 5.17. The highest BCUT2D eigenvalue weighted by atomic mass is 35.5. The Hall–Kier alpha value is -2.59. The second-order valence-corrected chi connectivity index (χ2v) is 6.17. The van der Waals surface area contributed by atoms with E-state index in [0.717, 1.165) is 16.8 Å². The summed E-state index contributed by atoms with van der Waals surface area (Å²) in [6, 6.07) is 12.9. The Morgan fingerprint density at radius 2 is 1.75 bits per heavy atom. The molecule has 2 aromatic carbocycles. The third-order valence-corrected chi connectivity index (χ3v) is 4.21.